The van der Waals surface area contributed by atoms with Gasteiger partial charge in [-0.3, -0.25) is 14.9 Å². The number of hydrogen-bond acceptors (Lipinski definition) is 9. The Hall–Kier alpha value is -6.36. The van der Waals surface area contributed by atoms with E-state index in [2.05, 4.69) is 133 Å². The Balaban J connectivity index is 0.000000148. The Morgan fingerprint density at radius 2 is 0.958 bits per heavy atom. The van der Waals surface area contributed by atoms with Crippen LogP contribution in [-0.4, -0.2) is 37.9 Å². The third-order valence-corrected chi connectivity index (χ3v) is 17.4. The van der Waals surface area contributed by atoms with E-state index in [0.717, 1.165) is 69.7 Å². The van der Waals surface area contributed by atoms with Crippen LogP contribution in [0.5, 0.6) is 11.5 Å². The number of pyridine rings is 2. The molecular weight excluding hydrogens is 959 g/mol. The van der Waals surface area contributed by atoms with Crippen molar-refractivity contribution in [2.45, 2.75) is 100 Å². The molecule has 1 saturated heterocycles. The maximum absolute atomic E-state index is 6.04. The number of benzene rings is 4. The summed E-state index contributed by atoms with van der Waals surface area (Å²) in [5.74, 6) is 6.19. The summed E-state index contributed by atoms with van der Waals surface area (Å²) in [7, 11) is 0. The van der Waals surface area contributed by atoms with Crippen molar-refractivity contribution in [2.75, 3.05) is 13.1 Å². The molecule has 10 heteroatoms. The third kappa shape index (κ3) is 9.44. The van der Waals surface area contributed by atoms with Gasteiger partial charge in [0.05, 0.1) is 22.8 Å². The lowest BCUT2D eigenvalue weighted by atomic mass is 9.64. The lowest BCUT2D eigenvalue weighted by Crippen LogP contribution is -2.34. The van der Waals surface area contributed by atoms with Crippen LogP contribution in [0.15, 0.2) is 167 Å². The predicted octanol–water partition coefficient (Wildman–Crippen LogP) is 14.3. The molecule has 4 bridgehead atoms. The lowest BCUT2D eigenvalue weighted by molar-refractivity contribution is 0.299. The fraction of sp³-hybridized carbons (Fsp3) is 0.355. The molecule has 72 heavy (non-hydrogen) atoms. The first-order valence-electron chi connectivity index (χ1n) is 26.2. The summed E-state index contributed by atoms with van der Waals surface area (Å²) < 4.78 is 23.6. The maximum Gasteiger partial charge on any atom is 0.226 e. The monoisotopic (exact) mass is 1020 g/mol. The van der Waals surface area contributed by atoms with Crippen LogP contribution < -0.4 is 9.47 Å². The molecule has 1 aliphatic heterocycles. The Bertz CT molecular complexity index is 3030. The smallest absolute Gasteiger partial charge is 0.226 e. The molecule has 0 spiro atoms. The summed E-state index contributed by atoms with van der Waals surface area (Å²) in [6.45, 7) is 4.18. The number of halogens is 1. The third-order valence-electron chi connectivity index (χ3n) is 16.8. The molecule has 5 fully saturated rings. The molecule has 366 valence electrons. The largest absolute Gasteiger partial charge is 0.487 e. The first-order valence-corrected chi connectivity index (χ1v) is 27.3. The highest BCUT2D eigenvalue weighted by molar-refractivity contribution is 9.08. The van der Waals surface area contributed by atoms with Crippen molar-refractivity contribution in [1.29, 1.82) is 0 Å². The number of rotatable bonds is 15. The zero-order valence-electron chi connectivity index (χ0n) is 40.9. The second-order valence-electron chi connectivity index (χ2n) is 20.9. The van der Waals surface area contributed by atoms with Crippen molar-refractivity contribution in [3.05, 3.63) is 203 Å². The number of likely N-dealkylation sites (tertiary alicyclic amines) is 1. The molecule has 4 aromatic carbocycles. The lowest BCUT2D eigenvalue weighted by Gasteiger charge is -2.39. The fourth-order valence-electron chi connectivity index (χ4n) is 13.4. The topological polar surface area (TPSA) is 99.5 Å². The van der Waals surface area contributed by atoms with E-state index in [1.807, 2.05) is 42.7 Å². The second-order valence-corrected chi connectivity index (χ2v) is 21.5. The van der Waals surface area contributed by atoms with Crippen LogP contribution in [0.2, 0.25) is 0 Å². The summed E-state index contributed by atoms with van der Waals surface area (Å²) in [4.78, 5) is 20.5. The van der Waals surface area contributed by atoms with Gasteiger partial charge in [-0.25, -0.2) is 9.97 Å². The van der Waals surface area contributed by atoms with Gasteiger partial charge in [-0.1, -0.05) is 89.4 Å². The molecule has 5 heterocycles. The van der Waals surface area contributed by atoms with Crippen molar-refractivity contribution in [3.63, 3.8) is 0 Å². The van der Waals surface area contributed by atoms with Crippen molar-refractivity contribution < 1.29 is 18.3 Å². The number of aromatic nitrogens is 4. The summed E-state index contributed by atoms with van der Waals surface area (Å²) in [5.41, 5.74) is 11.7. The van der Waals surface area contributed by atoms with Gasteiger partial charge >= 0.3 is 0 Å². The highest BCUT2D eigenvalue weighted by Gasteiger charge is 2.54. The Kier molecular flexibility index (Phi) is 13.4. The molecule has 5 aliphatic rings. The minimum atomic E-state index is 0.0679. The summed E-state index contributed by atoms with van der Waals surface area (Å²) in [5, 5.41) is 0.697. The van der Waals surface area contributed by atoms with Crippen LogP contribution in [0.1, 0.15) is 109 Å². The van der Waals surface area contributed by atoms with Gasteiger partial charge in [-0.05, 0) is 183 Å². The number of hydrogen-bond donors (Lipinski definition) is 0. The van der Waals surface area contributed by atoms with E-state index in [1.54, 1.807) is 18.7 Å². The molecule has 6 atom stereocenters. The minimum absolute atomic E-state index is 0.0679. The first-order chi connectivity index (χ1) is 35.5. The van der Waals surface area contributed by atoms with E-state index in [9.17, 15) is 0 Å². The SMILES string of the molecule is BrCc1coc(-c2ccc([C@]3(c4ccc(OCc5ccccn5)cc4)CC4CCC3C4)cc2)n1.c1ccc(COc2ccc([C@@]3(c4ccc(-c5nc(CN6CCCC6)co5)cc4)CC4CCC3C4)cc2)nc1. The Morgan fingerprint density at radius 1 is 0.514 bits per heavy atom. The van der Waals surface area contributed by atoms with Gasteiger partial charge in [0, 0.05) is 46.2 Å². The molecule has 4 aromatic heterocycles. The first kappa shape index (κ1) is 46.7. The Morgan fingerprint density at radius 3 is 1.35 bits per heavy atom. The van der Waals surface area contributed by atoms with Gasteiger partial charge in [0.25, 0.3) is 0 Å². The molecular formula is C62H62BrN5O4. The molecule has 0 amide bonds. The highest BCUT2D eigenvalue weighted by atomic mass is 79.9. The minimum Gasteiger partial charge on any atom is -0.487 e. The fourth-order valence-corrected chi connectivity index (χ4v) is 13.6. The zero-order valence-corrected chi connectivity index (χ0v) is 42.5. The standard InChI is InChI=1S/C33H35N3O2.C29H27BrN2O2/c1-2-16-34-29(5-1)22-37-31-14-12-27(13-15-31)33(20-24-6-9-28(33)19-24)26-10-7-25(8-11-26)32-35-30(23-38-32)21-36-17-3-4-18-36;30-17-26-19-34-28(32-26)21-5-8-22(9-6-21)29(16-20-4-7-24(29)15-20)23-10-12-27(13-11-23)33-18-25-3-1-2-14-31-25/h1-2,5,7-8,10-16,23-24,28H,3-4,6,9,17-22H2;1-3,5-6,8-14,19-20,24H,4,7,15-18H2/t24?,28?,33-;20?,24?,29-/m00/s1. The molecule has 4 aliphatic carbocycles. The zero-order chi connectivity index (χ0) is 48.3. The normalized spacial score (nSPS) is 24.1. The quantitative estimate of drug-likeness (QED) is 0.0930. The van der Waals surface area contributed by atoms with Crippen LogP contribution in [0, 0.1) is 23.7 Å². The van der Waals surface area contributed by atoms with E-state index in [4.69, 9.17) is 23.3 Å². The van der Waals surface area contributed by atoms with E-state index in [0.29, 0.717) is 36.3 Å². The highest BCUT2D eigenvalue weighted by Crippen LogP contribution is 2.61. The summed E-state index contributed by atoms with van der Waals surface area (Å²) in [6, 6.07) is 47.4. The molecule has 0 N–H and O–H groups in total. The van der Waals surface area contributed by atoms with Gasteiger partial charge in [-0.2, -0.15) is 0 Å². The van der Waals surface area contributed by atoms with Crippen molar-refractivity contribution in [3.8, 4) is 34.4 Å². The number of alkyl halides is 1. The Labute approximate surface area is 431 Å². The van der Waals surface area contributed by atoms with E-state index < -0.39 is 0 Å². The van der Waals surface area contributed by atoms with Crippen molar-refractivity contribution in [1.82, 2.24) is 24.8 Å². The molecule has 9 nitrogen and oxygen atoms in total. The summed E-state index contributed by atoms with van der Waals surface area (Å²) in [6.07, 6.45) is 20.2. The average Bonchev–Trinajstić information content (AvgIpc) is 4.33. The van der Waals surface area contributed by atoms with Crippen LogP contribution in [0.3, 0.4) is 0 Å². The van der Waals surface area contributed by atoms with Crippen molar-refractivity contribution in [2.24, 2.45) is 23.7 Å². The van der Waals surface area contributed by atoms with E-state index in [-0.39, 0.29) is 10.8 Å². The summed E-state index contributed by atoms with van der Waals surface area (Å²) >= 11 is 3.44. The van der Waals surface area contributed by atoms with Gasteiger partial charge < -0.3 is 18.3 Å². The number of nitrogens with zero attached hydrogens (tertiary/aromatic N) is 5. The predicted molar refractivity (Wildman–Crippen MR) is 283 cm³/mol. The molecule has 4 saturated carbocycles. The van der Waals surface area contributed by atoms with Gasteiger partial charge in [0.1, 0.15) is 37.2 Å². The van der Waals surface area contributed by atoms with Crippen LogP contribution >= 0.6 is 15.9 Å². The number of oxazole rings is 2. The van der Waals surface area contributed by atoms with Crippen LogP contribution in [-0.2, 0) is 35.9 Å². The molecule has 13 rings (SSSR count). The molecule has 0 radical (unpaired) electrons. The van der Waals surface area contributed by atoms with Crippen molar-refractivity contribution >= 4 is 15.9 Å². The number of ether oxygens (including phenoxy) is 2. The van der Waals surface area contributed by atoms with Gasteiger partial charge in [0.15, 0.2) is 0 Å². The van der Waals surface area contributed by atoms with E-state index >= 15 is 0 Å². The second kappa shape index (κ2) is 20.6. The maximum atomic E-state index is 6.04. The van der Waals surface area contributed by atoms with E-state index in [1.165, 1.54) is 99.6 Å². The van der Waals surface area contributed by atoms with Gasteiger partial charge in [0.2, 0.25) is 11.8 Å². The van der Waals surface area contributed by atoms with Crippen LogP contribution in [0.25, 0.3) is 22.9 Å². The van der Waals surface area contributed by atoms with Crippen LogP contribution in [0.4, 0.5) is 0 Å². The van der Waals surface area contributed by atoms with Gasteiger partial charge in [-0.15, -0.1) is 0 Å². The average molecular weight is 1020 g/mol. The molecule has 4 unspecified atom stereocenters. The number of fused-ring (bicyclic) bond motifs is 4. The molecule has 8 aromatic rings.